The van der Waals surface area contributed by atoms with Gasteiger partial charge in [-0.15, -0.1) is 0 Å². The van der Waals surface area contributed by atoms with E-state index in [4.69, 9.17) is 4.74 Å². The van der Waals surface area contributed by atoms with Crippen LogP contribution in [0.25, 0.3) is 0 Å². The van der Waals surface area contributed by atoms with Gasteiger partial charge in [0, 0.05) is 5.56 Å². The fraction of sp³-hybridized carbons (Fsp3) is 0.500. The summed E-state index contributed by atoms with van der Waals surface area (Å²) >= 11 is 0. The highest BCUT2D eigenvalue weighted by Crippen LogP contribution is 2.12. The van der Waals surface area contributed by atoms with E-state index in [2.05, 4.69) is 0 Å². The van der Waals surface area contributed by atoms with E-state index in [0.29, 0.717) is 12.5 Å². The molecule has 0 unspecified atom stereocenters. The number of nitrogens with one attached hydrogen (secondary N) is 1. The molecule has 4 nitrogen and oxygen atoms in total. The Labute approximate surface area is 107 Å². The van der Waals surface area contributed by atoms with E-state index in [9.17, 15) is 9.90 Å². The Morgan fingerprint density at radius 1 is 1.22 bits per heavy atom. The molecule has 1 aliphatic rings. The molecule has 1 N–H and O–H groups in total. The lowest BCUT2D eigenvalue weighted by Gasteiger charge is -2.17. The molecule has 1 aromatic rings. The molecule has 1 fully saturated rings. The number of benzene rings is 1. The Morgan fingerprint density at radius 2 is 1.94 bits per heavy atom. The summed E-state index contributed by atoms with van der Waals surface area (Å²) < 4.78 is 5.66. The van der Waals surface area contributed by atoms with Crippen LogP contribution < -0.4 is 14.7 Å². The maximum absolute atomic E-state index is 10.7. The first-order chi connectivity index (χ1) is 8.75. The van der Waals surface area contributed by atoms with Crippen molar-refractivity contribution < 1.29 is 19.5 Å². The Bertz CT molecular complexity index is 398. The molecule has 0 amide bonds. The van der Waals surface area contributed by atoms with Crippen LogP contribution in [0.15, 0.2) is 24.3 Å². The van der Waals surface area contributed by atoms with Crippen molar-refractivity contribution in [3.8, 4) is 5.75 Å². The summed E-state index contributed by atoms with van der Waals surface area (Å²) in [4.78, 5) is 12.2. The van der Waals surface area contributed by atoms with Gasteiger partial charge in [-0.05, 0) is 37.8 Å². The van der Waals surface area contributed by atoms with E-state index < -0.39 is 5.97 Å². The summed E-state index contributed by atoms with van der Waals surface area (Å²) in [7, 11) is 0. The number of likely N-dealkylation sites (tertiary alicyclic amines) is 1. The first-order valence-electron chi connectivity index (χ1n) is 6.53. The third-order valence-electron chi connectivity index (χ3n) is 3.32. The summed E-state index contributed by atoms with van der Waals surface area (Å²) in [6.45, 7) is 2.89. The van der Waals surface area contributed by atoms with Gasteiger partial charge in [-0.1, -0.05) is 12.1 Å². The molecule has 0 bridgehead atoms. The van der Waals surface area contributed by atoms with Crippen molar-refractivity contribution in [2.24, 2.45) is 0 Å². The zero-order chi connectivity index (χ0) is 12.8. The second-order valence-corrected chi connectivity index (χ2v) is 4.77. The lowest BCUT2D eigenvalue weighted by atomic mass is 10.2. The van der Waals surface area contributed by atoms with Crippen molar-refractivity contribution >= 4 is 5.97 Å². The Morgan fingerprint density at radius 3 is 2.61 bits per heavy atom. The molecule has 0 radical (unpaired) electrons. The van der Waals surface area contributed by atoms with E-state index >= 15 is 0 Å². The van der Waals surface area contributed by atoms with Crippen molar-refractivity contribution in [1.82, 2.24) is 0 Å². The Kier molecular flexibility index (Phi) is 4.59. The van der Waals surface area contributed by atoms with Crippen LogP contribution in [0.1, 0.15) is 36.0 Å². The number of hydrogen-bond acceptors (Lipinski definition) is 3. The molecule has 2 rings (SSSR count). The molecule has 98 valence electrons. The normalized spacial score (nSPS) is 17.1. The number of carboxylic acid groups (broad SMARTS) is 1. The molecule has 18 heavy (non-hydrogen) atoms. The summed E-state index contributed by atoms with van der Waals surface area (Å²) in [6, 6.07) is 6.50. The third-order valence-corrected chi connectivity index (χ3v) is 3.32. The van der Waals surface area contributed by atoms with E-state index in [0.717, 1.165) is 13.1 Å². The molecule has 0 aliphatic carbocycles. The van der Waals surface area contributed by atoms with Gasteiger partial charge in [0.2, 0.25) is 6.73 Å². The molecular weight excluding hydrogens is 230 g/mol. The van der Waals surface area contributed by atoms with E-state index in [-0.39, 0.29) is 5.56 Å². The van der Waals surface area contributed by atoms with Crippen molar-refractivity contribution in [1.29, 1.82) is 0 Å². The van der Waals surface area contributed by atoms with Gasteiger partial charge in [-0.3, -0.25) is 0 Å². The maximum Gasteiger partial charge on any atom is 0.222 e. The second kappa shape index (κ2) is 6.40. The minimum absolute atomic E-state index is 0.165. The fourth-order valence-electron chi connectivity index (χ4n) is 2.27. The lowest BCUT2D eigenvalue weighted by Crippen LogP contribution is -3.12. The highest BCUT2D eigenvalue weighted by Gasteiger charge is 2.12. The molecule has 0 spiro atoms. The number of carbonyl (C=O) groups excluding carboxylic acids is 1. The average Bonchev–Trinajstić information content (AvgIpc) is 2.65. The maximum atomic E-state index is 10.7. The number of rotatable bonds is 4. The van der Waals surface area contributed by atoms with Crippen molar-refractivity contribution in [2.75, 3.05) is 19.8 Å². The predicted octanol–water partition coefficient (Wildman–Crippen LogP) is -0.155. The number of hydrogen-bond donors (Lipinski definition) is 1. The first kappa shape index (κ1) is 12.9. The first-order valence-corrected chi connectivity index (χ1v) is 6.53. The molecule has 1 heterocycles. The Hall–Kier alpha value is -1.55. The lowest BCUT2D eigenvalue weighted by molar-refractivity contribution is -0.915. The van der Waals surface area contributed by atoms with Gasteiger partial charge in [0.25, 0.3) is 0 Å². The van der Waals surface area contributed by atoms with Crippen molar-refractivity contribution in [2.45, 2.75) is 25.7 Å². The molecule has 1 aromatic carbocycles. The molecule has 1 aliphatic heterocycles. The second-order valence-electron chi connectivity index (χ2n) is 4.77. The number of aromatic carboxylic acids is 1. The average molecular weight is 249 g/mol. The monoisotopic (exact) mass is 249 g/mol. The highest BCUT2D eigenvalue weighted by atomic mass is 16.5. The highest BCUT2D eigenvalue weighted by molar-refractivity contribution is 5.86. The van der Waals surface area contributed by atoms with Gasteiger partial charge in [-0.25, -0.2) is 0 Å². The fourth-order valence-corrected chi connectivity index (χ4v) is 2.27. The summed E-state index contributed by atoms with van der Waals surface area (Å²) in [5.41, 5.74) is 0.165. The van der Waals surface area contributed by atoms with Gasteiger partial charge < -0.3 is 19.5 Å². The SMILES string of the molecule is O=C([O-])c1cccc(OC[NH+]2CCCCCC2)c1. The number of quaternary nitrogens is 1. The van der Waals surface area contributed by atoms with Crippen LogP contribution in [0.4, 0.5) is 0 Å². The smallest absolute Gasteiger partial charge is 0.222 e. The van der Waals surface area contributed by atoms with Gasteiger partial charge in [0.05, 0.1) is 19.1 Å². The van der Waals surface area contributed by atoms with E-state index in [1.807, 2.05) is 0 Å². The zero-order valence-corrected chi connectivity index (χ0v) is 10.5. The van der Waals surface area contributed by atoms with Crippen LogP contribution in [0.5, 0.6) is 5.75 Å². The summed E-state index contributed by atoms with van der Waals surface area (Å²) in [5.74, 6) is -0.559. The van der Waals surface area contributed by atoms with E-state index in [1.54, 1.807) is 12.1 Å². The van der Waals surface area contributed by atoms with Gasteiger partial charge in [0.1, 0.15) is 5.75 Å². The topological polar surface area (TPSA) is 53.8 Å². The van der Waals surface area contributed by atoms with Crippen molar-refractivity contribution in [3.63, 3.8) is 0 Å². The molecule has 0 saturated carbocycles. The van der Waals surface area contributed by atoms with Crippen LogP contribution >= 0.6 is 0 Å². The summed E-state index contributed by atoms with van der Waals surface area (Å²) in [6.07, 6.45) is 5.11. The van der Waals surface area contributed by atoms with Crippen LogP contribution in [-0.2, 0) is 0 Å². The third kappa shape index (κ3) is 3.74. The minimum atomic E-state index is -1.16. The number of ether oxygens (including phenoxy) is 1. The predicted molar refractivity (Wildman–Crippen MR) is 65.4 cm³/mol. The molecule has 1 saturated heterocycles. The van der Waals surface area contributed by atoms with Crippen LogP contribution in [-0.4, -0.2) is 25.8 Å². The molecule has 0 atom stereocenters. The summed E-state index contributed by atoms with van der Waals surface area (Å²) in [5, 5.41) is 10.7. The van der Waals surface area contributed by atoms with Gasteiger partial charge >= 0.3 is 0 Å². The minimum Gasteiger partial charge on any atom is -0.545 e. The molecule has 0 aromatic heterocycles. The Balaban J connectivity index is 1.88. The van der Waals surface area contributed by atoms with E-state index in [1.165, 1.54) is 42.7 Å². The number of carboxylic acids is 1. The molecule has 4 heteroatoms. The standard InChI is InChI=1S/C14H19NO3/c16-14(17)12-6-5-7-13(10-12)18-11-15-8-3-1-2-4-9-15/h5-7,10H,1-4,8-9,11H2,(H,16,17). The van der Waals surface area contributed by atoms with Gasteiger partial charge in [-0.2, -0.15) is 0 Å². The number of carbonyl (C=O) groups is 1. The quantitative estimate of drug-likeness (QED) is 0.807. The molecular formula is C14H19NO3. The van der Waals surface area contributed by atoms with Crippen LogP contribution in [0, 0.1) is 0 Å². The van der Waals surface area contributed by atoms with Crippen molar-refractivity contribution in [3.05, 3.63) is 29.8 Å². The largest absolute Gasteiger partial charge is 0.545 e. The zero-order valence-electron chi connectivity index (χ0n) is 10.5. The van der Waals surface area contributed by atoms with Crippen LogP contribution in [0.2, 0.25) is 0 Å². The van der Waals surface area contributed by atoms with Crippen LogP contribution in [0.3, 0.4) is 0 Å². The van der Waals surface area contributed by atoms with Gasteiger partial charge in [0.15, 0.2) is 0 Å².